The highest BCUT2D eigenvalue weighted by Crippen LogP contribution is 2.35. The molecular weight excluding hydrogens is 368 g/mol. The van der Waals surface area contributed by atoms with Crippen LogP contribution < -0.4 is 5.73 Å². The lowest BCUT2D eigenvalue weighted by Gasteiger charge is -2.23. The molecule has 0 aliphatic heterocycles. The van der Waals surface area contributed by atoms with Crippen molar-refractivity contribution in [1.29, 1.82) is 0 Å². The van der Waals surface area contributed by atoms with E-state index in [1.54, 1.807) is 6.20 Å². The summed E-state index contributed by atoms with van der Waals surface area (Å²) in [4.78, 5) is 4.50. The zero-order valence-electron chi connectivity index (χ0n) is 17.6. The van der Waals surface area contributed by atoms with Gasteiger partial charge in [0, 0.05) is 18.4 Å². The average Bonchev–Trinajstić information content (AvgIpc) is 3.17. The van der Waals surface area contributed by atoms with Gasteiger partial charge in [-0.3, -0.25) is 4.98 Å². The van der Waals surface area contributed by atoms with Crippen molar-refractivity contribution in [3.05, 3.63) is 52.9 Å². The van der Waals surface area contributed by atoms with Crippen LogP contribution >= 0.6 is 0 Å². The van der Waals surface area contributed by atoms with Crippen molar-refractivity contribution >= 4 is 0 Å². The van der Waals surface area contributed by atoms with Crippen LogP contribution in [0.25, 0.3) is 11.5 Å². The number of hydrogen-bond acceptors (Lipinski definition) is 7. The summed E-state index contributed by atoms with van der Waals surface area (Å²) < 4.78 is 11.7. The molecule has 29 heavy (non-hydrogen) atoms. The van der Waals surface area contributed by atoms with E-state index in [1.807, 2.05) is 26.0 Å². The van der Waals surface area contributed by atoms with Gasteiger partial charge < -0.3 is 20.0 Å². The Labute approximate surface area is 171 Å². The number of allylic oxidation sites excluding steroid dienone is 3. The van der Waals surface area contributed by atoms with Crippen molar-refractivity contribution in [2.24, 2.45) is 11.7 Å². The van der Waals surface area contributed by atoms with Gasteiger partial charge in [0.05, 0.1) is 11.5 Å². The van der Waals surface area contributed by atoms with Crippen molar-refractivity contribution in [2.45, 2.75) is 52.6 Å². The Morgan fingerprint density at radius 3 is 2.69 bits per heavy atom. The van der Waals surface area contributed by atoms with E-state index in [-0.39, 0.29) is 19.1 Å². The molecule has 156 valence electrons. The maximum atomic E-state index is 9.63. The number of pyridine rings is 1. The van der Waals surface area contributed by atoms with Crippen LogP contribution in [-0.4, -0.2) is 39.5 Å². The molecule has 0 fully saturated rings. The van der Waals surface area contributed by atoms with Gasteiger partial charge in [-0.2, -0.15) is 0 Å². The van der Waals surface area contributed by atoms with Gasteiger partial charge in [-0.1, -0.05) is 19.9 Å². The molecule has 2 atom stereocenters. The molecule has 2 aromatic rings. The van der Waals surface area contributed by atoms with Crippen molar-refractivity contribution in [3.8, 4) is 11.5 Å². The van der Waals surface area contributed by atoms with Gasteiger partial charge in [0.1, 0.15) is 18.5 Å². The summed E-state index contributed by atoms with van der Waals surface area (Å²) in [5, 5.41) is 18.1. The number of aromatic nitrogens is 3. The van der Waals surface area contributed by atoms with Crippen molar-refractivity contribution < 1.29 is 14.3 Å². The maximum Gasteiger partial charge on any atom is 0.249 e. The van der Waals surface area contributed by atoms with E-state index < -0.39 is 6.10 Å². The molecule has 2 unspecified atom stereocenters. The Kier molecular flexibility index (Phi) is 6.82. The summed E-state index contributed by atoms with van der Waals surface area (Å²) >= 11 is 0. The van der Waals surface area contributed by atoms with Crippen LogP contribution in [0.2, 0.25) is 0 Å². The highest BCUT2D eigenvalue weighted by molar-refractivity contribution is 5.51. The van der Waals surface area contributed by atoms with Gasteiger partial charge >= 0.3 is 0 Å². The quantitative estimate of drug-likeness (QED) is 0.702. The number of rotatable bonds is 8. The Hall–Kier alpha value is -2.51. The first kappa shape index (κ1) is 21.2. The van der Waals surface area contributed by atoms with Crippen LogP contribution in [0.4, 0.5) is 0 Å². The fraction of sp³-hybridized carbons (Fsp3) is 0.500. The minimum absolute atomic E-state index is 0.00351. The van der Waals surface area contributed by atoms with Gasteiger partial charge in [-0.15, -0.1) is 10.2 Å². The fourth-order valence-corrected chi connectivity index (χ4v) is 3.43. The molecule has 0 radical (unpaired) electrons. The van der Waals surface area contributed by atoms with Crippen LogP contribution in [0.3, 0.4) is 0 Å². The number of hydrogen-bond donors (Lipinski definition) is 2. The van der Waals surface area contributed by atoms with E-state index in [0.29, 0.717) is 17.7 Å². The highest BCUT2D eigenvalue weighted by atomic mass is 16.5. The molecule has 0 amide bonds. The van der Waals surface area contributed by atoms with Crippen molar-refractivity contribution in [2.75, 3.05) is 13.2 Å². The maximum absolute atomic E-state index is 9.63. The van der Waals surface area contributed by atoms with Crippen molar-refractivity contribution in [3.63, 3.8) is 0 Å². The SMILES string of the molecule is CC1=CC(c2nnc(-c3ccc(CC(C)C)nc3)o2)CC(C)=C1OCC(O)CN. The molecule has 2 aromatic heterocycles. The summed E-state index contributed by atoms with van der Waals surface area (Å²) in [5.41, 5.74) is 9.39. The van der Waals surface area contributed by atoms with Crippen LogP contribution in [0.1, 0.15) is 51.6 Å². The minimum Gasteiger partial charge on any atom is -0.491 e. The van der Waals surface area contributed by atoms with Crippen LogP contribution in [-0.2, 0) is 11.2 Å². The molecule has 0 saturated heterocycles. The zero-order valence-corrected chi connectivity index (χ0v) is 17.6. The zero-order chi connectivity index (χ0) is 21.0. The second kappa shape index (κ2) is 9.33. The molecule has 0 saturated carbocycles. The van der Waals surface area contributed by atoms with Gasteiger partial charge in [-0.25, -0.2) is 0 Å². The number of nitrogens with two attached hydrogens (primary N) is 1. The fourth-order valence-electron chi connectivity index (χ4n) is 3.43. The first-order chi connectivity index (χ1) is 13.9. The van der Waals surface area contributed by atoms with Crippen LogP contribution in [0.5, 0.6) is 0 Å². The lowest BCUT2D eigenvalue weighted by molar-refractivity contribution is 0.0780. The normalized spacial score (nSPS) is 18.2. The molecule has 3 rings (SSSR count). The highest BCUT2D eigenvalue weighted by Gasteiger charge is 2.25. The number of aliphatic hydroxyl groups is 1. The first-order valence-electron chi connectivity index (χ1n) is 10.1. The number of nitrogens with zero attached hydrogens (tertiary/aromatic N) is 3. The summed E-state index contributed by atoms with van der Waals surface area (Å²) in [7, 11) is 0. The molecule has 0 bridgehead atoms. The van der Waals surface area contributed by atoms with Gasteiger partial charge in [0.15, 0.2) is 0 Å². The largest absolute Gasteiger partial charge is 0.491 e. The monoisotopic (exact) mass is 398 g/mol. The Morgan fingerprint density at radius 2 is 2.07 bits per heavy atom. The molecule has 0 aromatic carbocycles. The topological polar surface area (TPSA) is 107 Å². The van der Waals surface area contributed by atoms with E-state index in [1.165, 1.54) is 0 Å². The van der Waals surface area contributed by atoms with Crippen molar-refractivity contribution in [1.82, 2.24) is 15.2 Å². The third-order valence-corrected chi connectivity index (χ3v) is 4.86. The molecule has 2 heterocycles. The molecular formula is C22H30N4O3. The number of aliphatic hydroxyl groups excluding tert-OH is 1. The molecule has 3 N–H and O–H groups in total. The molecule has 1 aliphatic rings. The summed E-state index contributed by atoms with van der Waals surface area (Å²) in [6, 6.07) is 3.99. The van der Waals surface area contributed by atoms with Gasteiger partial charge in [0.2, 0.25) is 11.8 Å². The lowest BCUT2D eigenvalue weighted by atomic mass is 9.90. The summed E-state index contributed by atoms with van der Waals surface area (Å²) in [6.45, 7) is 8.70. The van der Waals surface area contributed by atoms with Gasteiger partial charge in [-0.05, 0) is 55.9 Å². The van der Waals surface area contributed by atoms with Crippen LogP contribution in [0, 0.1) is 5.92 Å². The third kappa shape index (κ3) is 5.31. The smallest absolute Gasteiger partial charge is 0.249 e. The predicted octanol–water partition coefficient (Wildman–Crippen LogP) is 3.37. The van der Waals surface area contributed by atoms with E-state index in [9.17, 15) is 5.11 Å². The minimum atomic E-state index is -0.667. The lowest BCUT2D eigenvalue weighted by Crippen LogP contribution is -2.25. The van der Waals surface area contributed by atoms with Gasteiger partial charge in [0.25, 0.3) is 0 Å². The predicted molar refractivity (Wildman–Crippen MR) is 111 cm³/mol. The Bertz CT molecular complexity index is 884. The Balaban J connectivity index is 1.70. The molecule has 1 aliphatic carbocycles. The van der Waals surface area contributed by atoms with E-state index >= 15 is 0 Å². The van der Waals surface area contributed by atoms with E-state index in [4.69, 9.17) is 14.9 Å². The molecule has 7 nitrogen and oxygen atoms in total. The average molecular weight is 399 g/mol. The van der Waals surface area contributed by atoms with Crippen LogP contribution in [0.15, 0.2) is 45.7 Å². The third-order valence-electron chi connectivity index (χ3n) is 4.86. The van der Waals surface area contributed by atoms with E-state index in [0.717, 1.165) is 41.0 Å². The second-order valence-electron chi connectivity index (χ2n) is 8.05. The molecule has 0 spiro atoms. The summed E-state index contributed by atoms with van der Waals surface area (Å²) in [5.74, 6) is 2.42. The first-order valence-corrected chi connectivity index (χ1v) is 10.1. The molecule has 7 heteroatoms. The second-order valence-corrected chi connectivity index (χ2v) is 8.05. The Morgan fingerprint density at radius 1 is 1.28 bits per heavy atom. The number of ether oxygens (including phenoxy) is 1. The van der Waals surface area contributed by atoms with E-state index in [2.05, 4.69) is 35.1 Å². The summed E-state index contributed by atoms with van der Waals surface area (Å²) in [6.07, 6.45) is 4.85. The standard InChI is InChI=1S/C22H30N4O3/c1-13(2)7-18-6-5-16(11-24-18)21-25-26-22(29-21)17-8-14(3)20(15(4)9-17)28-12-19(27)10-23/h5-6,8,11,13,17,19,27H,7,9-10,12,23H2,1-4H3.